The molecule has 0 amide bonds. The van der Waals surface area contributed by atoms with Crippen molar-refractivity contribution in [3.63, 3.8) is 0 Å². The van der Waals surface area contributed by atoms with Crippen LogP contribution in [-0.2, 0) is 0 Å². The molecule has 4 aromatic rings. The third-order valence-corrected chi connectivity index (χ3v) is 5.85. The molecule has 0 aliphatic rings. The van der Waals surface area contributed by atoms with E-state index in [9.17, 15) is 0 Å². The number of para-hydroxylation sites is 2. The minimum Gasteiger partial charge on any atom is -0.374 e. The quantitative estimate of drug-likeness (QED) is 0.173. The maximum Gasteiger partial charge on any atom is 0.0762 e. The lowest BCUT2D eigenvalue weighted by Gasteiger charge is -2.21. The van der Waals surface area contributed by atoms with Crippen LogP contribution in [0.25, 0.3) is 0 Å². The van der Waals surface area contributed by atoms with Gasteiger partial charge in [-0.05, 0) is 65.2 Å². The average molecular weight is 574 g/mol. The van der Waals surface area contributed by atoms with Gasteiger partial charge < -0.3 is 5.32 Å². The molecule has 0 saturated carbocycles. The number of anilines is 1. The van der Waals surface area contributed by atoms with Gasteiger partial charge in [0.25, 0.3) is 0 Å². The van der Waals surface area contributed by atoms with Gasteiger partial charge in [-0.25, -0.2) is 0 Å². The number of hydrogen-bond donors (Lipinski definition) is 1. The first-order valence-electron chi connectivity index (χ1n) is 10.8. The minimum absolute atomic E-state index is 0.0254. The maximum absolute atomic E-state index is 4.37. The summed E-state index contributed by atoms with van der Waals surface area (Å²) in [6.07, 6.45) is 3.65. The third kappa shape index (κ3) is 8.29. The van der Waals surface area contributed by atoms with Crippen molar-refractivity contribution in [2.45, 2.75) is 6.04 Å². The summed E-state index contributed by atoms with van der Waals surface area (Å²) < 4.78 is 2.13. The van der Waals surface area contributed by atoms with Gasteiger partial charge in [0.1, 0.15) is 0 Å². The molecule has 1 atom stereocenters. The van der Waals surface area contributed by atoms with Gasteiger partial charge in [-0.2, -0.15) is 0 Å². The van der Waals surface area contributed by atoms with Crippen LogP contribution in [0.3, 0.4) is 0 Å². The lowest BCUT2D eigenvalue weighted by atomic mass is 9.99. The molecule has 1 unspecified atom stereocenters. The second-order valence-electron chi connectivity index (χ2n) is 7.43. The molecule has 0 spiro atoms. The first-order valence-corrected chi connectivity index (χ1v) is 12.4. The Morgan fingerprint density at radius 3 is 2.00 bits per heavy atom. The predicted molar refractivity (Wildman–Crippen MR) is 154 cm³/mol. The summed E-state index contributed by atoms with van der Waals surface area (Å²) in [5, 5.41) is 3.48. The van der Waals surface area contributed by atoms with Crippen LogP contribution >= 0.6 is 31.9 Å². The van der Waals surface area contributed by atoms with E-state index in [2.05, 4.69) is 67.5 Å². The standard InChI is InChI=1S/C17H16BrN.C13H10BrN/c1-3-13(2)17(14-8-7-9-15(18)12-14)19-16-10-5-4-6-11-16;14-12-6-4-5-11(9-12)10-15-13-7-2-1-3-8-13/h3-12,17,19H,1-2H2;1-10H. The first-order chi connectivity index (χ1) is 16.5. The van der Waals surface area contributed by atoms with Crippen LogP contribution < -0.4 is 5.32 Å². The molecule has 4 rings (SSSR count). The molecule has 0 aliphatic heterocycles. The summed E-state index contributed by atoms with van der Waals surface area (Å²) in [5.74, 6) is 0. The molecule has 170 valence electrons. The van der Waals surface area contributed by atoms with E-state index < -0.39 is 0 Å². The highest BCUT2D eigenvalue weighted by molar-refractivity contribution is 9.10. The highest BCUT2D eigenvalue weighted by atomic mass is 79.9. The fourth-order valence-electron chi connectivity index (χ4n) is 3.15. The zero-order chi connectivity index (χ0) is 24.2. The number of nitrogens with one attached hydrogen (secondary N) is 1. The smallest absolute Gasteiger partial charge is 0.0762 e. The van der Waals surface area contributed by atoms with Gasteiger partial charge in [-0.15, -0.1) is 0 Å². The summed E-state index contributed by atoms with van der Waals surface area (Å²) in [6.45, 7) is 7.90. The predicted octanol–water partition coefficient (Wildman–Crippen LogP) is 9.54. The lowest BCUT2D eigenvalue weighted by molar-refractivity contribution is 0.943. The van der Waals surface area contributed by atoms with Gasteiger partial charge in [-0.1, -0.05) is 112 Å². The van der Waals surface area contributed by atoms with Crippen molar-refractivity contribution in [1.29, 1.82) is 0 Å². The van der Waals surface area contributed by atoms with Crippen LogP contribution in [0, 0.1) is 0 Å². The van der Waals surface area contributed by atoms with Crippen LogP contribution in [0.15, 0.2) is 148 Å². The summed E-state index contributed by atoms with van der Waals surface area (Å²) in [4.78, 5) is 4.37. The molecule has 0 fully saturated rings. The van der Waals surface area contributed by atoms with E-state index in [0.29, 0.717) is 0 Å². The van der Waals surface area contributed by atoms with Gasteiger partial charge in [-0.3, -0.25) is 4.99 Å². The number of rotatable bonds is 7. The zero-order valence-electron chi connectivity index (χ0n) is 18.7. The van der Waals surface area contributed by atoms with Crippen LogP contribution in [0.5, 0.6) is 0 Å². The molecule has 0 saturated heterocycles. The average Bonchev–Trinajstić information content (AvgIpc) is 2.87. The molecule has 1 N–H and O–H groups in total. The molecular weight excluding hydrogens is 548 g/mol. The summed E-state index contributed by atoms with van der Waals surface area (Å²) in [6, 6.07) is 36.3. The van der Waals surface area contributed by atoms with E-state index in [1.165, 1.54) is 0 Å². The SMILES string of the molecule is Brc1cccc(C=Nc2ccccc2)c1.C=CC(=C)C(Nc1ccccc1)c1cccc(Br)c1. The van der Waals surface area contributed by atoms with Crippen molar-refractivity contribution < 1.29 is 0 Å². The van der Waals surface area contributed by atoms with Gasteiger partial charge in [0.05, 0.1) is 11.7 Å². The molecule has 0 heterocycles. The molecular formula is C30H26Br2N2. The van der Waals surface area contributed by atoms with Crippen LogP contribution in [-0.4, -0.2) is 6.21 Å². The molecule has 0 aromatic heterocycles. The Kier molecular flexibility index (Phi) is 10.1. The van der Waals surface area contributed by atoms with E-state index in [0.717, 1.165) is 37.0 Å². The first kappa shape index (κ1) is 25.4. The van der Waals surface area contributed by atoms with Crippen molar-refractivity contribution in [3.05, 3.63) is 154 Å². The summed E-state index contributed by atoms with van der Waals surface area (Å²) in [7, 11) is 0. The Balaban J connectivity index is 0.000000196. The molecule has 34 heavy (non-hydrogen) atoms. The molecule has 0 bridgehead atoms. The second kappa shape index (κ2) is 13.5. The number of nitrogens with zero attached hydrogens (tertiary/aromatic N) is 1. The Morgan fingerprint density at radius 2 is 1.38 bits per heavy atom. The van der Waals surface area contributed by atoms with Crippen molar-refractivity contribution in [2.75, 3.05) is 5.32 Å². The van der Waals surface area contributed by atoms with Crippen molar-refractivity contribution >= 4 is 49.4 Å². The second-order valence-corrected chi connectivity index (χ2v) is 9.26. The van der Waals surface area contributed by atoms with Crippen molar-refractivity contribution in [2.24, 2.45) is 4.99 Å². The van der Waals surface area contributed by atoms with Gasteiger partial charge in [0.15, 0.2) is 0 Å². The van der Waals surface area contributed by atoms with E-state index >= 15 is 0 Å². The molecule has 0 aliphatic carbocycles. The normalized spacial score (nSPS) is 11.2. The molecule has 0 radical (unpaired) electrons. The van der Waals surface area contributed by atoms with Gasteiger partial charge >= 0.3 is 0 Å². The van der Waals surface area contributed by atoms with E-state index in [1.54, 1.807) is 6.08 Å². The van der Waals surface area contributed by atoms with Gasteiger partial charge in [0.2, 0.25) is 0 Å². The Morgan fingerprint density at radius 1 is 0.765 bits per heavy atom. The number of benzene rings is 4. The third-order valence-electron chi connectivity index (χ3n) is 4.87. The topological polar surface area (TPSA) is 24.4 Å². The Hall–Kier alpha value is -3.21. The summed E-state index contributed by atoms with van der Waals surface area (Å²) >= 11 is 6.93. The zero-order valence-corrected chi connectivity index (χ0v) is 21.9. The molecule has 4 aromatic carbocycles. The highest BCUT2D eigenvalue weighted by Gasteiger charge is 2.13. The Labute approximate surface area is 219 Å². The minimum atomic E-state index is 0.0254. The maximum atomic E-state index is 4.37. The monoisotopic (exact) mass is 572 g/mol. The van der Waals surface area contributed by atoms with E-state index in [1.807, 2.05) is 103 Å². The fourth-order valence-corrected chi connectivity index (χ4v) is 3.98. The van der Waals surface area contributed by atoms with Gasteiger partial charge in [0, 0.05) is 20.8 Å². The van der Waals surface area contributed by atoms with Crippen LogP contribution in [0.1, 0.15) is 17.2 Å². The van der Waals surface area contributed by atoms with Crippen LogP contribution in [0.4, 0.5) is 11.4 Å². The van der Waals surface area contributed by atoms with E-state index in [4.69, 9.17) is 0 Å². The molecule has 2 nitrogen and oxygen atoms in total. The van der Waals surface area contributed by atoms with E-state index in [-0.39, 0.29) is 6.04 Å². The summed E-state index contributed by atoms with van der Waals surface area (Å²) in [5.41, 5.74) is 5.23. The molecule has 4 heteroatoms. The van der Waals surface area contributed by atoms with Crippen LogP contribution in [0.2, 0.25) is 0 Å². The number of halogens is 2. The number of aliphatic imine (C=N–C) groups is 1. The number of hydrogen-bond acceptors (Lipinski definition) is 2. The van der Waals surface area contributed by atoms with Crippen molar-refractivity contribution in [3.8, 4) is 0 Å². The van der Waals surface area contributed by atoms with Crippen molar-refractivity contribution in [1.82, 2.24) is 0 Å². The largest absolute Gasteiger partial charge is 0.374 e. The Bertz CT molecular complexity index is 1230. The lowest BCUT2D eigenvalue weighted by Crippen LogP contribution is -2.12. The highest BCUT2D eigenvalue weighted by Crippen LogP contribution is 2.28. The fraction of sp³-hybridized carbons (Fsp3) is 0.0333.